The Labute approximate surface area is 109 Å². The summed E-state index contributed by atoms with van der Waals surface area (Å²) in [5.74, 6) is -0.189. The average molecular weight is 285 g/mol. The average Bonchev–Trinajstić information content (AvgIpc) is 2.70. The van der Waals surface area contributed by atoms with Crippen molar-refractivity contribution < 1.29 is 13.9 Å². The Kier molecular flexibility index (Phi) is 3.83. The third-order valence-electron chi connectivity index (χ3n) is 3.25. The van der Waals surface area contributed by atoms with Gasteiger partial charge in [0.2, 0.25) is 5.91 Å². The molecule has 1 heterocycles. The second-order valence-corrected chi connectivity index (χ2v) is 6.05. The van der Waals surface area contributed by atoms with Gasteiger partial charge in [0.1, 0.15) is 22.7 Å². The number of nitrogens with one attached hydrogen (secondary N) is 2. The van der Waals surface area contributed by atoms with Crippen LogP contribution >= 0.6 is 23.2 Å². The largest absolute Gasteiger partial charge is 0.376 e. The molecule has 0 spiro atoms. The molecule has 4 nitrogen and oxygen atoms in total. The Morgan fingerprint density at radius 2 is 2.29 bits per heavy atom. The van der Waals surface area contributed by atoms with Gasteiger partial charge in [0.25, 0.3) is 0 Å². The van der Waals surface area contributed by atoms with Gasteiger partial charge in [0, 0.05) is 26.1 Å². The molecule has 98 valence electrons. The first-order valence-corrected chi connectivity index (χ1v) is 6.27. The number of hydrogen-bond donors (Lipinski definition) is 2. The number of carbonyl (C=O) groups excluding carboxylic acids is 1. The molecule has 0 bridgehead atoms. The zero-order valence-electron chi connectivity index (χ0n) is 9.38. The summed E-state index contributed by atoms with van der Waals surface area (Å²) >= 11 is 11.7. The van der Waals surface area contributed by atoms with E-state index in [4.69, 9.17) is 27.9 Å². The van der Waals surface area contributed by atoms with E-state index >= 15 is 0 Å². The van der Waals surface area contributed by atoms with Crippen LogP contribution in [0.25, 0.3) is 0 Å². The molecule has 0 aromatic heterocycles. The minimum Gasteiger partial charge on any atom is -0.376 e. The standard InChI is InChI=1S/C10H15Cl2FN2O2/c1-17-8-6(13)4-14-7(8)9(16)15-3-5-2-10(5,11)12/h5-8,14H,2-4H2,1H3,(H,15,16). The molecule has 7 heteroatoms. The predicted molar refractivity (Wildman–Crippen MR) is 63.0 cm³/mol. The normalized spacial score (nSPS) is 39.1. The lowest BCUT2D eigenvalue weighted by molar-refractivity contribution is -0.126. The summed E-state index contributed by atoms with van der Waals surface area (Å²) < 4.78 is 17.6. The van der Waals surface area contributed by atoms with E-state index in [0.717, 1.165) is 0 Å². The smallest absolute Gasteiger partial charge is 0.239 e. The molecule has 1 aliphatic heterocycles. The third-order valence-corrected chi connectivity index (χ3v) is 4.18. The lowest BCUT2D eigenvalue weighted by Gasteiger charge is -2.18. The number of amides is 1. The van der Waals surface area contributed by atoms with Gasteiger partial charge in [-0.05, 0) is 6.42 Å². The summed E-state index contributed by atoms with van der Waals surface area (Å²) in [5, 5.41) is 5.50. The highest BCUT2D eigenvalue weighted by Gasteiger charge is 2.51. The highest BCUT2D eigenvalue weighted by molar-refractivity contribution is 6.50. The van der Waals surface area contributed by atoms with Crippen molar-refractivity contribution in [2.75, 3.05) is 20.2 Å². The molecule has 4 unspecified atom stereocenters. The van der Waals surface area contributed by atoms with E-state index in [-0.39, 0.29) is 18.4 Å². The maximum Gasteiger partial charge on any atom is 0.239 e. The number of methoxy groups -OCH3 is 1. The van der Waals surface area contributed by atoms with E-state index in [0.29, 0.717) is 13.0 Å². The lowest BCUT2D eigenvalue weighted by Crippen LogP contribution is -2.48. The van der Waals surface area contributed by atoms with Crippen LogP contribution in [0.1, 0.15) is 6.42 Å². The molecule has 0 aromatic carbocycles. The number of carbonyl (C=O) groups is 1. The molecular weight excluding hydrogens is 270 g/mol. The molecule has 2 rings (SSSR count). The van der Waals surface area contributed by atoms with E-state index in [1.807, 2.05) is 0 Å². The SMILES string of the molecule is COC1C(F)CNC1C(=O)NCC1CC1(Cl)Cl. The van der Waals surface area contributed by atoms with Crippen molar-refractivity contribution >= 4 is 29.1 Å². The Morgan fingerprint density at radius 3 is 2.82 bits per heavy atom. The topological polar surface area (TPSA) is 50.4 Å². The summed E-state index contributed by atoms with van der Waals surface area (Å²) in [5.41, 5.74) is 0. The molecular formula is C10H15Cl2FN2O2. The Balaban J connectivity index is 1.80. The van der Waals surface area contributed by atoms with Gasteiger partial charge < -0.3 is 15.4 Å². The number of hydrogen-bond acceptors (Lipinski definition) is 3. The molecule has 2 aliphatic rings. The van der Waals surface area contributed by atoms with Crippen LogP contribution in [-0.2, 0) is 9.53 Å². The maximum absolute atomic E-state index is 13.3. The van der Waals surface area contributed by atoms with Gasteiger partial charge in [-0.1, -0.05) is 0 Å². The first-order chi connectivity index (χ1) is 7.95. The molecule has 1 amide bonds. The second kappa shape index (κ2) is 4.88. The highest BCUT2D eigenvalue weighted by Crippen LogP contribution is 2.52. The van der Waals surface area contributed by atoms with Gasteiger partial charge in [-0.15, -0.1) is 23.2 Å². The number of halogens is 3. The van der Waals surface area contributed by atoms with Crippen molar-refractivity contribution in [3.05, 3.63) is 0 Å². The summed E-state index contributed by atoms with van der Waals surface area (Å²) in [4.78, 5) is 11.8. The maximum atomic E-state index is 13.3. The van der Waals surface area contributed by atoms with Crippen molar-refractivity contribution in [1.82, 2.24) is 10.6 Å². The van der Waals surface area contributed by atoms with E-state index in [9.17, 15) is 9.18 Å². The van der Waals surface area contributed by atoms with Crippen molar-refractivity contribution in [1.29, 1.82) is 0 Å². The molecule has 4 atom stereocenters. The Hall–Kier alpha value is -0.100. The quantitative estimate of drug-likeness (QED) is 0.745. The van der Waals surface area contributed by atoms with Crippen LogP contribution in [0.4, 0.5) is 4.39 Å². The summed E-state index contributed by atoms with van der Waals surface area (Å²) in [7, 11) is 1.40. The van der Waals surface area contributed by atoms with Gasteiger partial charge in [0.05, 0.1) is 0 Å². The van der Waals surface area contributed by atoms with Crippen molar-refractivity contribution in [3.63, 3.8) is 0 Å². The van der Waals surface area contributed by atoms with E-state index in [1.54, 1.807) is 0 Å². The zero-order chi connectivity index (χ0) is 12.6. The van der Waals surface area contributed by atoms with Crippen molar-refractivity contribution in [3.8, 4) is 0 Å². The molecule has 1 saturated carbocycles. The third kappa shape index (κ3) is 2.84. The van der Waals surface area contributed by atoms with Crippen LogP contribution in [0.2, 0.25) is 0 Å². The molecule has 1 aliphatic carbocycles. The fraction of sp³-hybridized carbons (Fsp3) is 0.900. The number of ether oxygens (including phenoxy) is 1. The first-order valence-electron chi connectivity index (χ1n) is 5.51. The van der Waals surface area contributed by atoms with E-state index < -0.39 is 22.7 Å². The molecule has 2 fully saturated rings. The molecule has 0 aromatic rings. The van der Waals surface area contributed by atoms with Crippen molar-refractivity contribution in [2.24, 2.45) is 5.92 Å². The molecule has 2 N–H and O–H groups in total. The zero-order valence-corrected chi connectivity index (χ0v) is 10.9. The summed E-state index contributed by atoms with van der Waals surface area (Å²) in [6, 6.07) is -0.645. The Bertz CT molecular complexity index is 317. The van der Waals surface area contributed by atoms with E-state index in [1.165, 1.54) is 7.11 Å². The van der Waals surface area contributed by atoms with Crippen LogP contribution in [0.5, 0.6) is 0 Å². The van der Waals surface area contributed by atoms with Crippen LogP contribution < -0.4 is 10.6 Å². The monoisotopic (exact) mass is 284 g/mol. The fourth-order valence-corrected chi connectivity index (χ4v) is 2.56. The van der Waals surface area contributed by atoms with Crippen LogP contribution in [-0.4, -0.2) is 48.8 Å². The van der Waals surface area contributed by atoms with Gasteiger partial charge in [-0.2, -0.15) is 0 Å². The highest BCUT2D eigenvalue weighted by atomic mass is 35.5. The van der Waals surface area contributed by atoms with Gasteiger partial charge in [0.15, 0.2) is 0 Å². The minimum atomic E-state index is -1.16. The number of alkyl halides is 3. The summed E-state index contributed by atoms with van der Waals surface area (Å²) in [6.45, 7) is 0.548. The van der Waals surface area contributed by atoms with Crippen LogP contribution in [0.15, 0.2) is 0 Å². The predicted octanol–water partition coefficient (Wildman–Crippen LogP) is 0.621. The number of rotatable bonds is 4. The Morgan fingerprint density at radius 1 is 1.65 bits per heavy atom. The summed E-state index contributed by atoms with van der Waals surface area (Å²) in [6.07, 6.45) is -1.21. The minimum absolute atomic E-state index is 0.0818. The van der Waals surface area contributed by atoms with Crippen LogP contribution in [0, 0.1) is 5.92 Å². The van der Waals surface area contributed by atoms with Crippen LogP contribution in [0.3, 0.4) is 0 Å². The van der Waals surface area contributed by atoms with Gasteiger partial charge >= 0.3 is 0 Å². The molecule has 1 saturated heterocycles. The van der Waals surface area contributed by atoms with E-state index in [2.05, 4.69) is 10.6 Å². The lowest BCUT2D eigenvalue weighted by atomic mass is 10.1. The van der Waals surface area contributed by atoms with Gasteiger partial charge in [-0.3, -0.25) is 4.79 Å². The van der Waals surface area contributed by atoms with Gasteiger partial charge in [-0.25, -0.2) is 4.39 Å². The second-order valence-electron chi connectivity index (χ2n) is 4.51. The fourth-order valence-electron chi connectivity index (χ4n) is 2.03. The first kappa shape index (κ1) is 13.3. The molecule has 17 heavy (non-hydrogen) atoms. The molecule has 0 radical (unpaired) electrons. The van der Waals surface area contributed by atoms with Crippen molar-refractivity contribution in [2.45, 2.75) is 29.1 Å².